The maximum absolute atomic E-state index is 9.90. The number of hydrogen-bond donors (Lipinski definition) is 2. The Morgan fingerprint density at radius 1 is 1.67 bits per heavy atom. The average Bonchev–Trinajstić information content (AvgIpc) is 1.62. The minimum absolute atomic E-state index is 0.974. The van der Waals surface area contributed by atoms with Crippen molar-refractivity contribution in [2.24, 2.45) is 0 Å². The van der Waals surface area contributed by atoms with Crippen LogP contribution in [-0.4, -0.2) is 28.4 Å². The maximum atomic E-state index is 9.90. The van der Waals surface area contributed by atoms with Crippen molar-refractivity contribution in [2.45, 2.75) is 19.0 Å². The second-order valence-corrected chi connectivity index (χ2v) is 1.76. The quantitative estimate of drug-likeness (QED) is 0.458. The van der Waals surface area contributed by atoms with Crippen LogP contribution in [0.2, 0.25) is 0 Å². The SMILES string of the molecule is CC(O)C1(O)OC(=O)O1. The van der Waals surface area contributed by atoms with Crippen LogP contribution >= 0.6 is 0 Å². The highest BCUT2D eigenvalue weighted by atomic mass is 17.0. The van der Waals surface area contributed by atoms with Crippen LogP contribution in [0.5, 0.6) is 0 Å². The Kier molecular flexibility index (Phi) is 1.11. The molecule has 1 heterocycles. The van der Waals surface area contributed by atoms with Gasteiger partial charge in [0.15, 0.2) is 6.10 Å². The summed E-state index contributed by atoms with van der Waals surface area (Å²) in [7, 11) is 0. The number of ether oxygens (including phenoxy) is 2. The first-order valence-corrected chi connectivity index (χ1v) is 2.37. The van der Waals surface area contributed by atoms with Gasteiger partial charge in [-0.2, -0.15) is 0 Å². The molecule has 0 saturated carbocycles. The number of hydrogen-bond acceptors (Lipinski definition) is 5. The van der Waals surface area contributed by atoms with Gasteiger partial charge in [-0.3, -0.25) is 0 Å². The fraction of sp³-hybridized carbons (Fsp3) is 0.750. The Morgan fingerprint density at radius 2 is 2.11 bits per heavy atom. The van der Waals surface area contributed by atoms with Crippen molar-refractivity contribution < 1.29 is 24.5 Å². The van der Waals surface area contributed by atoms with Crippen molar-refractivity contribution in [3.8, 4) is 0 Å². The molecular formula is C4H6O5. The van der Waals surface area contributed by atoms with E-state index in [0.29, 0.717) is 0 Å². The average molecular weight is 134 g/mol. The summed E-state index contributed by atoms with van der Waals surface area (Å²) in [6.45, 7) is 1.24. The zero-order valence-electron chi connectivity index (χ0n) is 4.70. The lowest BCUT2D eigenvalue weighted by atomic mass is 10.3. The molecule has 2 N–H and O–H groups in total. The van der Waals surface area contributed by atoms with Gasteiger partial charge in [-0.05, 0) is 6.92 Å². The van der Waals surface area contributed by atoms with Gasteiger partial charge in [0.2, 0.25) is 0 Å². The predicted octanol–water partition coefficient (Wildman–Crippen LogP) is -0.820. The molecule has 52 valence electrons. The largest absolute Gasteiger partial charge is 0.518 e. The van der Waals surface area contributed by atoms with E-state index in [1.165, 1.54) is 6.92 Å². The van der Waals surface area contributed by atoms with Gasteiger partial charge in [0.25, 0.3) is 0 Å². The molecule has 0 aromatic heterocycles. The van der Waals surface area contributed by atoms with Crippen LogP contribution in [0.3, 0.4) is 0 Å². The summed E-state index contributed by atoms with van der Waals surface area (Å²) in [5.41, 5.74) is 0. The second kappa shape index (κ2) is 1.58. The predicted molar refractivity (Wildman–Crippen MR) is 24.2 cm³/mol. The number of rotatable bonds is 1. The first-order valence-electron chi connectivity index (χ1n) is 2.37. The topological polar surface area (TPSA) is 76.0 Å². The van der Waals surface area contributed by atoms with Crippen LogP contribution in [0.1, 0.15) is 6.92 Å². The van der Waals surface area contributed by atoms with Crippen LogP contribution in [-0.2, 0) is 9.47 Å². The zero-order valence-corrected chi connectivity index (χ0v) is 4.70. The molecule has 1 fully saturated rings. The molecule has 0 spiro atoms. The third-order valence-corrected chi connectivity index (χ3v) is 0.987. The van der Waals surface area contributed by atoms with E-state index in [1.54, 1.807) is 0 Å². The zero-order chi connectivity index (χ0) is 7.07. The summed E-state index contributed by atoms with van der Waals surface area (Å²) in [5, 5.41) is 17.3. The molecular weight excluding hydrogens is 128 g/mol. The van der Waals surface area contributed by atoms with Crippen LogP contribution < -0.4 is 0 Å². The second-order valence-electron chi connectivity index (χ2n) is 1.76. The molecule has 1 unspecified atom stereocenters. The molecule has 1 aliphatic heterocycles. The van der Waals surface area contributed by atoms with Crippen molar-refractivity contribution in [3.05, 3.63) is 0 Å². The third-order valence-electron chi connectivity index (χ3n) is 0.987. The highest BCUT2D eigenvalue weighted by Gasteiger charge is 2.51. The lowest BCUT2D eigenvalue weighted by Crippen LogP contribution is -2.57. The molecule has 5 nitrogen and oxygen atoms in total. The van der Waals surface area contributed by atoms with Crippen LogP contribution in [0, 0.1) is 0 Å². The van der Waals surface area contributed by atoms with Gasteiger partial charge in [-0.1, -0.05) is 0 Å². The van der Waals surface area contributed by atoms with Crippen LogP contribution in [0.4, 0.5) is 4.79 Å². The molecule has 0 bridgehead atoms. The summed E-state index contributed by atoms with van der Waals surface area (Å²) in [6, 6.07) is 0. The molecule has 9 heavy (non-hydrogen) atoms. The highest BCUT2D eigenvalue weighted by molar-refractivity contribution is 5.65. The van der Waals surface area contributed by atoms with E-state index in [0.717, 1.165) is 0 Å². The molecule has 0 aromatic carbocycles. The van der Waals surface area contributed by atoms with E-state index in [2.05, 4.69) is 9.47 Å². The standard InChI is InChI=1S/C4H6O5/c1-2(5)4(7)8-3(6)9-4/h2,5,7H,1H3. The molecule has 0 radical (unpaired) electrons. The molecule has 1 rings (SSSR count). The van der Waals surface area contributed by atoms with Crippen molar-refractivity contribution in [2.75, 3.05) is 0 Å². The molecule has 5 heteroatoms. The fourth-order valence-corrected chi connectivity index (χ4v) is 0.417. The van der Waals surface area contributed by atoms with Gasteiger partial charge in [0, 0.05) is 0 Å². The Labute approximate surface area is 50.8 Å². The van der Waals surface area contributed by atoms with Crippen LogP contribution in [0.25, 0.3) is 0 Å². The van der Waals surface area contributed by atoms with E-state index < -0.39 is 18.2 Å². The van der Waals surface area contributed by atoms with Crippen LogP contribution in [0.15, 0.2) is 0 Å². The monoisotopic (exact) mass is 134 g/mol. The molecule has 1 aliphatic rings. The Balaban J connectivity index is 2.49. The first-order chi connectivity index (χ1) is 4.04. The number of aliphatic hydroxyl groups is 2. The van der Waals surface area contributed by atoms with Gasteiger partial charge >= 0.3 is 12.1 Å². The smallest absolute Gasteiger partial charge is 0.382 e. The van der Waals surface area contributed by atoms with E-state index >= 15 is 0 Å². The Bertz CT molecular complexity index is 132. The van der Waals surface area contributed by atoms with Gasteiger partial charge in [-0.25, -0.2) is 4.79 Å². The van der Waals surface area contributed by atoms with Crippen molar-refractivity contribution in [1.29, 1.82) is 0 Å². The van der Waals surface area contributed by atoms with Crippen molar-refractivity contribution in [1.82, 2.24) is 0 Å². The normalized spacial score (nSPS) is 25.4. The summed E-state index contributed by atoms with van der Waals surface area (Å²) >= 11 is 0. The summed E-state index contributed by atoms with van der Waals surface area (Å²) in [5.74, 6) is -2.10. The maximum Gasteiger partial charge on any atom is 0.518 e. The Hall–Kier alpha value is -0.810. The number of carbonyl (C=O) groups excluding carboxylic acids is 1. The minimum atomic E-state index is -2.10. The summed E-state index contributed by atoms with van der Waals surface area (Å²) in [4.78, 5) is 9.90. The van der Waals surface area contributed by atoms with Gasteiger partial charge < -0.3 is 19.7 Å². The Morgan fingerprint density at radius 3 is 2.22 bits per heavy atom. The summed E-state index contributed by atoms with van der Waals surface area (Å²) < 4.78 is 8.06. The van der Waals surface area contributed by atoms with E-state index in [4.69, 9.17) is 10.2 Å². The van der Waals surface area contributed by atoms with E-state index in [9.17, 15) is 4.79 Å². The highest BCUT2D eigenvalue weighted by Crippen LogP contribution is 2.24. The molecule has 0 aromatic rings. The van der Waals surface area contributed by atoms with Gasteiger partial charge in [-0.15, -0.1) is 0 Å². The van der Waals surface area contributed by atoms with Gasteiger partial charge in [0.1, 0.15) is 0 Å². The molecule has 1 atom stereocenters. The number of cyclic esters (lactones) is 2. The lowest BCUT2D eigenvalue weighted by molar-refractivity contribution is -0.415. The van der Waals surface area contributed by atoms with Crippen molar-refractivity contribution >= 4 is 6.16 Å². The third kappa shape index (κ3) is 0.839. The minimum Gasteiger partial charge on any atom is -0.382 e. The lowest BCUT2D eigenvalue weighted by Gasteiger charge is -2.35. The first kappa shape index (κ1) is 6.31. The number of carbonyl (C=O) groups is 1. The molecule has 0 aliphatic carbocycles. The molecule has 0 amide bonds. The number of aliphatic hydroxyl groups excluding tert-OH is 1. The molecule has 1 saturated heterocycles. The van der Waals surface area contributed by atoms with E-state index in [1.807, 2.05) is 0 Å². The summed E-state index contributed by atoms with van der Waals surface area (Å²) in [6.07, 6.45) is -2.20. The van der Waals surface area contributed by atoms with E-state index in [-0.39, 0.29) is 0 Å². The van der Waals surface area contributed by atoms with Gasteiger partial charge in [0.05, 0.1) is 0 Å². The van der Waals surface area contributed by atoms with Crippen molar-refractivity contribution in [3.63, 3.8) is 0 Å². The fourth-order valence-electron chi connectivity index (χ4n) is 0.417.